The highest BCUT2D eigenvalue weighted by molar-refractivity contribution is 6.31. The van der Waals surface area contributed by atoms with Crippen LogP contribution in [0.4, 0.5) is 52.4 Å². The minimum atomic E-state index is -5.23. The summed E-state index contributed by atoms with van der Waals surface area (Å²) in [4.78, 5) is 22.3. The number of alkyl halides is 6. The second-order valence-electron chi connectivity index (χ2n) is 7.79. The number of pyridine rings is 2. The molecule has 5 nitrogen and oxygen atoms in total. The number of carbonyl (C=O) groups is 1. The van der Waals surface area contributed by atoms with E-state index in [0.29, 0.717) is 17.7 Å². The molecule has 1 amide bonds. The van der Waals surface area contributed by atoms with Crippen LogP contribution in [0.3, 0.4) is 0 Å². The van der Waals surface area contributed by atoms with E-state index < -0.39 is 63.7 Å². The molecule has 0 saturated heterocycles. The standard InChI is InChI=1S/C22H13ClF8N4O/c1-34(15-8-12(23)13(24)9-14(15)25)20(36)16-5-10-3-2-4-32-19(10)35(16)18-7-11(21(26,27)28)6-17(33-18)22(29,30)31/h2-4,6-9,16H,5H2,1H3. The summed E-state index contributed by atoms with van der Waals surface area (Å²) in [6.07, 6.45) is -9.34. The molecule has 1 aromatic carbocycles. The van der Waals surface area contributed by atoms with Crippen LogP contribution in [0, 0.1) is 11.6 Å². The molecule has 36 heavy (non-hydrogen) atoms. The Morgan fingerprint density at radius 3 is 2.39 bits per heavy atom. The second kappa shape index (κ2) is 8.87. The summed E-state index contributed by atoms with van der Waals surface area (Å²) in [5.74, 6) is -4.13. The summed E-state index contributed by atoms with van der Waals surface area (Å²) in [6, 6.07) is 2.99. The number of fused-ring (bicyclic) bond motifs is 1. The molecule has 2 aromatic heterocycles. The van der Waals surface area contributed by atoms with E-state index in [4.69, 9.17) is 11.6 Å². The first-order chi connectivity index (χ1) is 16.7. The van der Waals surface area contributed by atoms with Crippen molar-refractivity contribution in [3.05, 3.63) is 76.1 Å². The number of nitrogens with zero attached hydrogens (tertiary/aromatic N) is 4. The Hall–Kier alpha value is -3.48. The van der Waals surface area contributed by atoms with Gasteiger partial charge in [-0.3, -0.25) is 9.69 Å². The average molecular weight is 537 g/mol. The summed E-state index contributed by atoms with van der Waals surface area (Å²) in [7, 11) is 1.10. The zero-order chi connectivity index (χ0) is 26.6. The summed E-state index contributed by atoms with van der Waals surface area (Å²) < 4.78 is 109. The van der Waals surface area contributed by atoms with Crippen molar-refractivity contribution in [2.75, 3.05) is 16.8 Å². The van der Waals surface area contributed by atoms with Crippen molar-refractivity contribution < 1.29 is 39.9 Å². The van der Waals surface area contributed by atoms with Gasteiger partial charge in [0.1, 0.15) is 35.0 Å². The highest BCUT2D eigenvalue weighted by Crippen LogP contribution is 2.42. The van der Waals surface area contributed by atoms with E-state index in [-0.39, 0.29) is 18.3 Å². The van der Waals surface area contributed by atoms with E-state index in [1.807, 2.05) is 0 Å². The fraction of sp³-hybridized carbons (Fsp3) is 0.227. The van der Waals surface area contributed by atoms with Gasteiger partial charge in [0.15, 0.2) is 0 Å². The lowest BCUT2D eigenvalue weighted by Gasteiger charge is -2.29. The number of likely N-dealkylation sites (N-methyl/N-ethyl adjacent to an activating group) is 1. The molecular formula is C22H13ClF8N4O. The van der Waals surface area contributed by atoms with E-state index in [1.54, 1.807) is 0 Å². The highest BCUT2D eigenvalue weighted by atomic mass is 35.5. The zero-order valence-electron chi connectivity index (χ0n) is 17.9. The van der Waals surface area contributed by atoms with Crippen LogP contribution in [-0.2, 0) is 23.6 Å². The van der Waals surface area contributed by atoms with Gasteiger partial charge in [0.2, 0.25) is 5.91 Å². The van der Waals surface area contributed by atoms with E-state index in [1.165, 1.54) is 18.3 Å². The average Bonchev–Trinajstić information content (AvgIpc) is 3.18. The molecule has 1 aliphatic heterocycles. The summed E-state index contributed by atoms with van der Waals surface area (Å²) in [6.45, 7) is 0. The van der Waals surface area contributed by atoms with Gasteiger partial charge in [-0.25, -0.2) is 18.7 Å². The van der Waals surface area contributed by atoms with Crippen LogP contribution in [0.1, 0.15) is 16.8 Å². The van der Waals surface area contributed by atoms with Gasteiger partial charge in [0.05, 0.1) is 16.3 Å². The fourth-order valence-corrected chi connectivity index (χ4v) is 3.94. The van der Waals surface area contributed by atoms with Gasteiger partial charge in [0, 0.05) is 25.7 Å². The predicted octanol–water partition coefficient (Wildman–Crippen LogP) is 6.17. The van der Waals surface area contributed by atoms with Crippen LogP contribution < -0.4 is 9.80 Å². The van der Waals surface area contributed by atoms with Crippen molar-refractivity contribution in [3.63, 3.8) is 0 Å². The predicted molar refractivity (Wildman–Crippen MR) is 113 cm³/mol. The smallest absolute Gasteiger partial charge is 0.311 e. The topological polar surface area (TPSA) is 49.3 Å². The molecule has 0 fully saturated rings. The molecule has 4 rings (SSSR count). The molecule has 0 radical (unpaired) electrons. The third-order valence-electron chi connectivity index (χ3n) is 5.46. The van der Waals surface area contributed by atoms with Crippen molar-refractivity contribution in [3.8, 4) is 0 Å². The van der Waals surface area contributed by atoms with Gasteiger partial charge in [-0.1, -0.05) is 17.7 Å². The molecule has 0 spiro atoms. The molecule has 1 atom stereocenters. The summed E-state index contributed by atoms with van der Waals surface area (Å²) in [5.41, 5.74) is -3.59. The molecule has 0 N–H and O–H groups in total. The third kappa shape index (κ3) is 4.66. The van der Waals surface area contributed by atoms with Crippen LogP contribution in [0.25, 0.3) is 0 Å². The molecule has 190 valence electrons. The number of hydrogen-bond donors (Lipinski definition) is 0. The van der Waals surface area contributed by atoms with Gasteiger partial charge < -0.3 is 4.90 Å². The molecule has 0 saturated carbocycles. The Labute approximate surface area is 202 Å². The lowest BCUT2D eigenvalue weighted by Crippen LogP contribution is -2.45. The minimum absolute atomic E-state index is 0.0955. The van der Waals surface area contributed by atoms with Crippen LogP contribution in [0.2, 0.25) is 5.02 Å². The first kappa shape index (κ1) is 25.6. The van der Waals surface area contributed by atoms with E-state index in [9.17, 15) is 39.9 Å². The van der Waals surface area contributed by atoms with Gasteiger partial charge in [-0.2, -0.15) is 26.3 Å². The normalized spacial score (nSPS) is 15.7. The van der Waals surface area contributed by atoms with Gasteiger partial charge in [0.25, 0.3) is 0 Å². The number of halogens is 9. The van der Waals surface area contributed by atoms with Crippen LogP contribution in [-0.4, -0.2) is 29.0 Å². The Kier molecular flexibility index (Phi) is 6.31. The maximum atomic E-state index is 14.4. The molecular weight excluding hydrogens is 524 g/mol. The lowest BCUT2D eigenvalue weighted by atomic mass is 10.1. The van der Waals surface area contributed by atoms with Gasteiger partial charge >= 0.3 is 12.4 Å². The number of anilines is 3. The van der Waals surface area contributed by atoms with Gasteiger partial charge in [-0.15, -0.1) is 0 Å². The van der Waals surface area contributed by atoms with E-state index in [0.717, 1.165) is 22.9 Å². The number of amides is 1. The van der Waals surface area contributed by atoms with Gasteiger partial charge in [-0.05, 0) is 29.8 Å². The van der Waals surface area contributed by atoms with Crippen molar-refractivity contribution in [1.29, 1.82) is 0 Å². The Morgan fingerprint density at radius 2 is 1.75 bits per heavy atom. The molecule has 0 bridgehead atoms. The van der Waals surface area contributed by atoms with Crippen molar-refractivity contribution in [2.45, 2.75) is 24.8 Å². The molecule has 0 aliphatic carbocycles. The van der Waals surface area contributed by atoms with Crippen molar-refractivity contribution >= 4 is 34.8 Å². The zero-order valence-corrected chi connectivity index (χ0v) is 18.7. The van der Waals surface area contributed by atoms with Crippen LogP contribution >= 0.6 is 11.6 Å². The number of rotatable bonds is 3. The molecule has 3 heterocycles. The molecule has 3 aromatic rings. The minimum Gasteiger partial charge on any atom is -0.311 e. The third-order valence-corrected chi connectivity index (χ3v) is 5.75. The van der Waals surface area contributed by atoms with Crippen LogP contribution in [0.15, 0.2) is 42.6 Å². The van der Waals surface area contributed by atoms with E-state index >= 15 is 0 Å². The maximum Gasteiger partial charge on any atom is 0.433 e. The highest BCUT2D eigenvalue weighted by Gasteiger charge is 2.43. The molecule has 1 aliphatic rings. The number of aromatic nitrogens is 2. The van der Waals surface area contributed by atoms with Crippen molar-refractivity contribution in [2.24, 2.45) is 0 Å². The SMILES string of the molecule is CN(C(=O)C1Cc2cccnc2N1c1cc(C(F)(F)F)cc(C(F)(F)F)n1)c1cc(Cl)c(F)cc1F. The molecule has 1 unspecified atom stereocenters. The summed E-state index contributed by atoms with van der Waals surface area (Å²) >= 11 is 5.69. The Balaban J connectivity index is 1.85. The van der Waals surface area contributed by atoms with Crippen molar-refractivity contribution in [1.82, 2.24) is 9.97 Å². The Morgan fingerprint density at radius 1 is 1.06 bits per heavy atom. The van der Waals surface area contributed by atoms with Crippen LogP contribution in [0.5, 0.6) is 0 Å². The first-order valence-electron chi connectivity index (χ1n) is 10.00. The maximum absolute atomic E-state index is 14.4. The first-order valence-corrected chi connectivity index (χ1v) is 10.4. The number of benzene rings is 1. The molecule has 14 heteroatoms. The lowest BCUT2D eigenvalue weighted by molar-refractivity contribution is -0.145. The largest absolute Gasteiger partial charge is 0.433 e. The number of carbonyl (C=O) groups excluding carboxylic acids is 1. The fourth-order valence-electron chi connectivity index (χ4n) is 3.78. The second-order valence-corrected chi connectivity index (χ2v) is 8.19. The Bertz CT molecular complexity index is 1310. The summed E-state index contributed by atoms with van der Waals surface area (Å²) in [5, 5.41) is -0.506. The monoisotopic (exact) mass is 536 g/mol. The van der Waals surface area contributed by atoms with E-state index in [2.05, 4.69) is 9.97 Å². The quantitative estimate of drug-likeness (QED) is 0.297. The number of hydrogen-bond acceptors (Lipinski definition) is 4.